The van der Waals surface area contributed by atoms with E-state index in [0.717, 1.165) is 6.42 Å². The van der Waals surface area contributed by atoms with Crippen LogP contribution in [0.3, 0.4) is 0 Å². The number of aliphatic hydroxyl groups is 1. The maximum atomic E-state index is 11.4. The Morgan fingerprint density at radius 1 is 1.36 bits per heavy atom. The summed E-state index contributed by atoms with van der Waals surface area (Å²) >= 11 is 0. The topological polar surface area (TPSA) is 66.4 Å². The van der Waals surface area contributed by atoms with E-state index in [9.17, 15) is 8.42 Å². The molecule has 0 heterocycles. The molecule has 0 aromatic carbocycles. The average molecular weight is 223 g/mol. The van der Waals surface area contributed by atoms with Crippen molar-refractivity contribution in [1.82, 2.24) is 4.72 Å². The van der Waals surface area contributed by atoms with Crippen LogP contribution in [0, 0.1) is 5.92 Å². The minimum Gasteiger partial charge on any atom is -0.396 e. The van der Waals surface area contributed by atoms with Crippen LogP contribution in [0.2, 0.25) is 0 Å². The minimum atomic E-state index is -3.21. The van der Waals surface area contributed by atoms with Crippen LogP contribution in [0.4, 0.5) is 0 Å². The summed E-state index contributed by atoms with van der Waals surface area (Å²) < 4.78 is 25.5. The fourth-order valence-electron chi connectivity index (χ4n) is 1.23. The van der Waals surface area contributed by atoms with Gasteiger partial charge in [0.25, 0.3) is 0 Å². The Hall–Kier alpha value is -0.130. The van der Waals surface area contributed by atoms with E-state index in [4.69, 9.17) is 5.11 Å². The molecule has 1 unspecified atom stereocenters. The first-order valence-corrected chi connectivity index (χ1v) is 6.69. The van der Waals surface area contributed by atoms with Gasteiger partial charge in [-0.2, -0.15) is 0 Å². The van der Waals surface area contributed by atoms with Gasteiger partial charge in [-0.15, -0.1) is 0 Å². The van der Waals surface area contributed by atoms with Gasteiger partial charge in [-0.1, -0.05) is 20.8 Å². The molecular weight excluding hydrogens is 202 g/mol. The largest absolute Gasteiger partial charge is 0.396 e. The molecule has 0 spiro atoms. The molecular formula is C9H21NO3S. The molecule has 2 N–H and O–H groups in total. The highest BCUT2D eigenvalue weighted by molar-refractivity contribution is 7.89. The average Bonchev–Trinajstić information content (AvgIpc) is 2.10. The summed E-state index contributed by atoms with van der Waals surface area (Å²) in [7, 11) is -3.21. The number of sulfonamides is 1. The molecule has 0 aromatic rings. The van der Waals surface area contributed by atoms with Crippen molar-refractivity contribution < 1.29 is 13.5 Å². The predicted molar refractivity (Wildman–Crippen MR) is 57.5 cm³/mol. The molecule has 5 heteroatoms. The number of hydrogen-bond donors (Lipinski definition) is 2. The second-order valence-electron chi connectivity index (χ2n) is 3.77. The van der Waals surface area contributed by atoms with Crippen LogP contribution < -0.4 is 4.72 Å². The van der Waals surface area contributed by atoms with Crippen LogP contribution in [0.5, 0.6) is 0 Å². The van der Waals surface area contributed by atoms with Crippen molar-refractivity contribution in [3.05, 3.63) is 0 Å². The van der Waals surface area contributed by atoms with E-state index in [1.807, 2.05) is 20.8 Å². The third-order valence-corrected chi connectivity index (χ3v) is 3.63. The predicted octanol–water partition coefficient (Wildman–Crippen LogP) is 0.723. The zero-order valence-corrected chi connectivity index (χ0v) is 9.97. The maximum absolute atomic E-state index is 11.4. The molecule has 0 aromatic heterocycles. The molecule has 0 radical (unpaired) electrons. The van der Waals surface area contributed by atoms with E-state index in [-0.39, 0.29) is 18.4 Å². The molecule has 1 atom stereocenters. The molecule has 14 heavy (non-hydrogen) atoms. The van der Waals surface area contributed by atoms with Gasteiger partial charge < -0.3 is 5.11 Å². The summed E-state index contributed by atoms with van der Waals surface area (Å²) in [4.78, 5) is 0. The van der Waals surface area contributed by atoms with Crippen molar-refractivity contribution in [2.75, 3.05) is 12.4 Å². The third-order valence-electron chi connectivity index (χ3n) is 2.15. The van der Waals surface area contributed by atoms with E-state index < -0.39 is 10.0 Å². The molecule has 86 valence electrons. The first-order valence-electron chi connectivity index (χ1n) is 5.03. The SMILES string of the molecule is CCC(NS(=O)(=O)CCCO)C(C)C. The Bertz CT molecular complexity index is 236. The third kappa shape index (κ3) is 5.57. The Labute approximate surface area is 86.8 Å². The lowest BCUT2D eigenvalue weighted by Gasteiger charge is -2.20. The molecule has 0 saturated heterocycles. The fourth-order valence-corrected chi connectivity index (χ4v) is 2.76. The van der Waals surface area contributed by atoms with Crippen molar-refractivity contribution in [3.63, 3.8) is 0 Å². The lowest BCUT2D eigenvalue weighted by atomic mass is 10.0. The van der Waals surface area contributed by atoms with Gasteiger partial charge in [0, 0.05) is 12.6 Å². The maximum Gasteiger partial charge on any atom is 0.211 e. The molecule has 0 saturated carbocycles. The summed E-state index contributed by atoms with van der Waals surface area (Å²) in [5.74, 6) is 0.302. The number of hydrogen-bond acceptors (Lipinski definition) is 3. The van der Waals surface area contributed by atoms with Crippen LogP contribution in [0.25, 0.3) is 0 Å². The van der Waals surface area contributed by atoms with Crippen LogP contribution in [-0.4, -0.2) is 31.9 Å². The molecule has 0 aliphatic carbocycles. The summed E-state index contributed by atoms with van der Waals surface area (Å²) in [6, 6.07) is -0.00121. The lowest BCUT2D eigenvalue weighted by Crippen LogP contribution is -2.39. The fraction of sp³-hybridized carbons (Fsp3) is 1.00. The van der Waals surface area contributed by atoms with Gasteiger partial charge in [-0.05, 0) is 18.8 Å². The van der Waals surface area contributed by atoms with Crippen molar-refractivity contribution in [2.24, 2.45) is 5.92 Å². The second-order valence-corrected chi connectivity index (χ2v) is 5.65. The highest BCUT2D eigenvalue weighted by Crippen LogP contribution is 2.07. The van der Waals surface area contributed by atoms with E-state index in [0.29, 0.717) is 12.3 Å². The normalized spacial score (nSPS) is 14.6. The molecule has 4 nitrogen and oxygen atoms in total. The lowest BCUT2D eigenvalue weighted by molar-refractivity contribution is 0.295. The van der Waals surface area contributed by atoms with Crippen LogP contribution in [0.1, 0.15) is 33.6 Å². The summed E-state index contributed by atoms with van der Waals surface area (Å²) in [5.41, 5.74) is 0. The van der Waals surface area contributed by atoms with E-state index in [2.05, 4.69) is 4.72 Å². The molecule has 0 aliphatic rings. The van der Waals surface area contributed by atoms with Gasteiger partial charge in [0.1, 0.15) is 0 Å². The molecule has 0 rings (SSSR count). The summed E-state index contributed by atoms with van der Waals surface area (Å²) in [6.45, 7) is 5.85. The molecule has 0 amide bonds. The summed E-state index contributed by atoms with van der Waals surface area (Å²) in [5, 5.41) is 8.54. The number of nitrogens with one attached hydrogen (secondary N) is 1. The summed E-state index contributed by atoms with van der Waals surface area (Å²) in [6.07, 6.45) is 1.08. The Kier molecular flexibility index (Phi) is 6.31. The highest BCUT2D eigenvalue weighted by atomic mass is 32.2. The van der Waals surface area contributed by atoms with Gasteiger partial charge in [0.05, 0.1) is 5.75 Å². The Morgan fingerprint density at radius 2 is 1.93 bits per heavy atom. The van der Waals surface area contributed by atoms with Gasteiger partial charge in [-0.3, -0.25) is 0 Å². The standard InChI is InChI=1S/C9H21NO3S/c1-4-9(8(2)3)10-14(12,13)7-5-6-11/h8-11H,4-7H2,1-3H3. The first kappa shape index (κ1) is 13.9. The van der Waals surface area contributed by atoms with E-state index in [1.54, 1.807) is 0 Å². The number of rotatable bonds is 7. The second kappa shape index (κ2) is 6.37. The van der Waals surface area contributed by atoms with E-state index in [1.165, 1.54) is 0 Å². The van der Waals surface area contributed by atoms with Crippen molar-refractivity contribution in [2.45, 2.75) is 39.7 Å². The zero-order chi connectivity index (χ0) is 11.2. The quantitative estimate of drug-likeness (QED) is 0.668. The Balaban J connectivity index is 4.18. The Morgan fingerprint density at radius 3 is 2.29 bits per heavy atom. The van der Waals surface area contributed by atoms with Crippen LogP contribution >= 0.6 is 0 Å². The first-order chi connectivity index (χ1) is 6.43. The number of aliphatic hydroxyl groups excluding tert-OH is 1. The molecule has 0 fully saturated rings. The van der Waals surface area contributed by atoms with Crippen molar-refractivity contribution >= 4 is 10.0 Å². The monoisotopic (exact) mass is 223 g/mol. The van der Waals surface area contributed by atoms with Gasteiger partial charge in [0.15, 0.2) is 0 Å². The van der Waals surface area contributed by atoms with E-state index >= 15 is 0 Å². The molecule has 0 bridgehead atoms. The highest BCUT2D eigenvalue weighted by Gasteiger charge is 2.18. The zero-order valence-electron chi connectivity index (χ0n) is 9.16. The van der Waals surface area contributed by atoms with Gasteiger partial charge in [0.2, 0.25) is 10.0 Å². The van der Waals surface area contributed by atoms with Crippen molar-refractivity contribution in [3.8, 4) is 0 Å². The smallest absolute Gasteiger partial charge is 0.211 e. The van der Waals surface area contributed by atoms with Crippen molar-refractivity contribution in [1.29, 1.82) is 0 Å². The van der Waals surface area contributed by atoms with Gasteiger partial charge in [-0.25, -0.2) is 13.1 Å². The van der Waals surface area contributed by atoms with Crippen LogP contribution in [0.15, 0.2) is 0 Å². The molecule has 0 aliphatic heterocycles. The minimum absolute atomic E-state index is 0.00121. The van der Waals surface area contributed by atoms with Crippen LogP contribution in [-0.2, 0) is 10.0 Å². The van der Waals surface area contributed by atoms with Gasteiger partial charge >= 0.3 is 0 Å².